The van der Waals surface area contributed by atoms with Gasteiger partial charge in [-0.15, -0.1) is 0 Å². The maximum Gasteiger partial charge on any atom is 0.262 e. The van der Waals surface area contributed by atoms with Crippen molar-refractivity contribution in [2.24, 2.45) is 5.73 Å². The number of para-hydroxylation sites is 1. The predicted molar refractivity (Wildman–Crippen MR) is 70.2 cm³/mol. The van der Waals surface area contributed by atoms with Gasteiger partial charge in [-0.1, -0.05) is 23.9 Å². The molecular weight excluding hydrogens is 236 g/mol. The molecule has 0 aliphatic heterocycles. The van der Waals surface area contributed by atoms with Crippen LogP contribution in [-0.2, 0) is 5.88 Å². The molecule has 0 fully saturated rings. The molecule has 1 aromatic carbocycles. The maximum absolute atomic E-state index is 12.2. The van der Waals surface area contributed by atoms with Crippen molar-refractivity contribution in [2.45, 2.75) is 12.8 Å². The van der Waals surface area contributed by atoms with Crippen molar-refractivity contribution < 1.29 is 0 Å². The Morgan fingerprint density at radius 1 is 1.53 bits per heavy atom. The summed E-state index contributed by atoms with van der Waals surface area (Å²) in [6.45, 7) is 1.77. The molecule has 1 heterocycles. The third-order valence-corrected chi connectivity index (χ3v) is 3.10. The van der Waals surface area contributed by atoms with Crippen LogP contribution >= 0.6 is 11.8 Å². The van der Waals surface area contributed by atoms with Gasteiger partial charge < -0.3 is 5.73 Å². The molecular formula is C11H12N4OS. The van der Waals surface area contributed by atoms with E-state index in [4.69, 9.17) is 11.1 Å². The molecule has 0 atom stereocenters. The standard InChI is InChI=1S/C11H12N4OS/c1-7-14-9-5-3-2-4-8(9)10(16)15(7)6-17-11(12)13/h2-5H,6H2,1H3,(H3,12,13). The van der Waals surface area contributed by atoms with Gasteiger partial charge in [-0.05, 0) is 19.1 Å². The van der Waals surface area contributed by atoms with Crippen molar-refractivity contribution in [3.8, 4) is 0 Å². The minimum absolute atomic E-state index is 0.00976. The van der Waals surface area contributed by atoms with E-state index < -0.39 is 0 Å². The van der Waals surface area contributed by atoms with Crippen molar-refractivity contribution in [3.63, 3.8) is 0 Å². The lowest BCUT2D eigenvalue weighted by Crippen LogP contribution is -2.24. The molecule has 3 N–H and O–H groups in total. The molecule has 5 nitrogen and oxygen atoms in total. The lowest BCUT2D eigenvalue weighted by atomic mass is 10.2. The molecule has 0 spiro atoms. The zero-order valence-corrected chi connectivity index (χ0v) is 10.1. The summed E-state index contributed by atoms with van der Waals surface area (Å²) in [5.41, 5.74) is 5.86. The number of amidine groups is 1. The summed E-state index contributed by atoms with van der Waals surface area (Å²) >= 11 is 1.11. The van der Waals surface area contributed by atoms with Gasteiger partial charge >= 0.3 is 0 Å². The van der Waals surface area contributed by atoms with Crippen molar-refractivity contribution in [1.29, 1.82) is 5.41 Å². The van der Waals surface area contributed by atoms with Crippen molar-refractivity contribution >= 4 is 27.8 Å². The normalized spacial score (nSPS) is 10.6. The monoisotopic (exact) mass is 248 g/mol. The van der Waals surface area contributed by atoms with Crippen LogP contribution < -0.4 is 11.3 Å². The minimum Gasteiger partial charge on any atom is -0.379 e. The van der Waals surface area contributed by atoms with E-state index in [0.717, 1.165) is 11.8 Å². The molecule has 88 valence electrons. The lowest BCUT2D eigenvalue weighted by molar-refractivity contribution is 0.778. The van der Waals surface area contributed by atoms with Crippen molar-refractivity contribution in [3.05, 3.63) is 40.4 Å². The van der Waals surface area contributed by atoms with E-state index >= 15 is 0 Å². The molecule has 6 heteroatoms. The van der Waals surface area contributed by atoms with Gasteiger partial charge in [-0.3, -0.25) is 14.8 Å². The van der Waals surface area contributed by atoms with E-state index in [-0.39, 0.29) is 10.7 Å². The zero-order chi connectivity index (χ0) is 12.4. The van der Waals surface area contributed by atoms with E-state index in [2.05, 4.69) is 4.98 Å². The summed E-state index contributed by atoms with van der Waals surface area (Å²) in [7, 11) is 0. The highest BCUT2D eigenvalue weighted by Crippen LogP contribution is 2.09. The van der Waals surface area contributed by atoms with Gasteiger partial charge in [0, 0.05) is 0 Å². The first-order chi connectivity index (χ1) is 8.09. The van der Waals surface area contributed by atoms with Crippen LogP contribution in [0.1, 0.15) is 5.82 Å². The first-order valence-electron chi connectivity index (χ1n) is 5.02. The topological polar surface area (TPSA) is 84.8 Å². The lowest BCUT2D eigenvalue weighted by Gasteiger charge is -2.09. The summed E-state index contributed by atoms with van der Waals surface area (Å²) in [5, 5.41) is 7.73. The smallest absolute Gasteiger partial charge is 0.262 e. The van der Waals surface area contributed by atoms with Gasteiger partial charge in [0.25, 0.3) is 5.56 Å². The highest BCUT2D eigenvalue weighted by Gasteiger charge is 2.07. The highest BCUT2D eigenvalue weighted by atomic mass is 32.2. The summed E-state index contributed by atoms with van der Waals surface area (Å²) in [4.78, 5) is 16.5. The number of aryl methyl sites for hydroxylation is 1. The van der Waals surface area contributed by atoms with Gasteiger partial charge in [0.1, 0.15) is 5.82 Å². The SMILES string of the molecule is Cc1nc2ccccc2c(=O)n1CSC(=N)N. The number of hydrogen-bond acceptors (Lipinski definition) is 4. The average molecular weight is 248 g/mol. The molecule has 0 bridgehead atoms. The Morgan fingerprint density at radius 2 is 2.24 bits per heavy atom. The quantitative estimate of drug-likeness (QED) is 0.619. The van der Waals surface area contributed by atoms with E-state index in [1.165, 1.54) is 4.57 Å². The van der Waals surface area contributed by atoms with Crippen molar-refractivity contribution in [2.75, 3.05) is 0 Å². The Hall–Kier alpha value is -1.82. The molecule has 0 saturated carbocycles. The van der Waals surface area contributed by atoms with Gasteiger partial charge in [0.05, 0.1) is 16.8 Å². The molecule has 0 aliphatic rings. The van der Waals surface area contributed by atoms with Gasteiger partial charge in [0.15, 0.2) is 5.17 Å². The molecule has 0 aliphatic carbocycles. The Kier molecular flexibility index (Phi) is 3.14. The number of fused-ring (bicyclic) bond motifs is 1. The summed E-state index contributed by atoms with van der Waals surface area (Å²) in [5.74, 6) is 0.945. The van der Waals surface area contributed by atoms with Crippen LogP contribution in [0.15, 0.2) is 29.1 Å². The van der Waals surface area contributed by atoms with Gasteiger partial charge in [-0.25, -0.2) is 4.98 Å². The number of nitrogens with two attached hydrogens (primary N) is 1. The fraction of sp³-hybridized carbons (Fsp3) is 0.182. The van der Waals surface area contributed by atoms with Crippen LogP contribution in [0.3, 0.4) is 0 Å². The summed E-state index contributed by atoms with van der Waals surface area (Å²) in [6, 6.07) is 7.22. The molecule has 1 aromatic heterocycles. The van der Waals surface area contributed by atoms with Crippen LogP contribution in [0.2, 0.25) is 0 Å². The molecule has 0 radical (unpaired) electrons. The predicted octanol–water partition coefficient (Wildman–Crippen LogP) is 1.29. The second-order valence-electron chi connectivity index (χ2n) is 3.55. The van der Waals surface area contributed by atoms with Crippen LogP contribution in [0.25, 0.3) is 10.9 Å². The Morgan fingerprint density at radius 3 is 2.94 bits per heavy atom. The van der Waals surface area contributed by atoms with Crippen LogP contribution in [0.4, 0.5) is 0 Å². The van der Waals surface area contributed by atoms with E-state index in [1.54, 1.807) is 13.0 Å². The highest BCUT2D eigenvalue weighted by molar-refractivity contribution is 8.12. The number of thioether (sulfide) groups is 1. The Balaban J connectivity index is 2.56. The largest absolute Gasteiger partial charge is 0.379 e. The Labute approximate surface area is 102 Å². The molecule has 2 rings (SSSR count). The number of hydrogen-bond donors (Lipinski definition) is 2. The fourth-order valence-corrected chi connectivity index (χ4v) is 2.14. The number of nitrogens with zero attached hydrogens (tertiary/aromatic N) is 2. The van der Waals surface area contributed by atoms with Gasteiger partial charge in [-0.2, -0.15) is 0 Å². The third-order valence-electron chi connectivity index (χ3n) is 2.40. The van der Waals surface area contributed by atoms with E-state index in [1.807, 2.05) is 18.2 Å². The third kappa shape index (κ3) is 2.31. The van der Waals surface area contributed by atoms with Crippen LogP contribution in [0, 0.1) is 12.3 Å². The number of benzene rings is 1. The maximum atomic E-state index is 12.2. The average Bonchev–Trinajstić information content (AvgIpc) is 2.28. The first-order valence-corrected chi connectivity index (χ1v) is 6.01. The number of aromatic nitrogens is 2. The molecule has 2 aromatic rings. The first kappa shape index (κ1) is 11.7. The molecule has 0 saturated heterocycles. The minimum atomic E-state index is -0.0955. The second-order valence-corrected chi connectivity index (χ2v) is 4.53. The molecule has 17 heavy (non-hydrogen) atoms. The summed E-state index contributed by atoms with van der Waals surface area (Å²) < 4.78 is 1.52. The zero-order valence-electron chi connectivity index (χ0n) is 9.30. The second kappa shape index (κ2) is 4.58. The number of rotatable bonds is 2. The van der Waals surface area contributed by atoms with Crippen molar-refractivity contribution in [1.82, 2.24) is 9.55 Å². The van der Waals surface area contributed by atoms with Crippen LogP contribution in [-0.4, -0.2) is 14.7 Å². The number of nitrogens with one attached hydrogen (secondary N) is 1. The van der Waals surface area contributed by atoms with E-state index in [0.29, 0.717) is 22.6 Å². The van der Waals surface area contributed by atoms with Crippen LogP contribution in [0.5, 0.6) is 0 Å². The molecule has 0 amide bonds. The molecule has 0 unspecified atom stereocenters. The van der Waals surface area contributed by atoms with Gasteiger partial charge in [0.2, 0.25) is 0 Å². The Bertz CT molecular complexity index is 635. The summed E-state index contributed by atoms with van der Waals surface area (Å²) in [6.07, 6.45) is 0. The van der Waals surface area contributed by atoms with E-state index in [9.17, 15) is 4.79 Å². The fourth-order valence-electron chi connectivity index (χ4n) is 1.57.